The molecule has 0 amide bonds. The number of ketones is 1. The first kappa shape index (κ1) is 21.5. The zero-order valence-corrected chi connectivity index (χ0v) is 19.5. The minimum absolute atomic E-state index is 0.0655. The van der Waals surface area contributed by atoms with E-state index >= 15 is 0 Å². The van der Waals surface area contributed by atoms with E-state index in [-0.39, 0.29) is 11.8 Å². The highest BCUT2D eigenvalue weighted by molar-refractivity contribution is 7.17. The molecule has 4 heteroatoms. The second kappa shape index (κ2) is 10.1. The number of hydrogen-bond acceptors (Lipinski definition) is 4. The smallest absolute Gasteiger partial charge is 0.145 e. The molecule has 1 saturated carbocycles. The predicted octanol–water partition coefficient (Wildman–Crippen LogP) is 6.71. The Kier molecular flexibility index (Phi) is 6.80. The third kappa shape index (κ3) is 4.72. The number of fused-ring (bicyclic) bond motifs is 1. The Balaban J connectivity index is 1.26. The zero-order valence-electron chi connectivity index (χ0n) is 18.7. The van der Waals surface area contributed by atoms with Crippen molar-refractivity contribution in [1.29, 1.82) is 0 Å². The van der Waals surface area contributed by atoms with Gasteiger partial charge in [0.05, 0.1) is 11.6 Å². The van der Waals surface area contributed by atoms with Crippen LogP contribution in [0.25, 0.3) is 15.7 Å². The third-order valence-electron chi connectivity index (χ3n) is 7.26. The zero-order chi connectivity index (χ0) is 21.8. The van der Waals surface area contributed by atoms with Crippen LogP contribution in [-0.2, 0) is 4.79 Å². The number of carbonyl (C=O) groups is 1. The van der Waals surface area contributed by atoms with Gasteiger partial charge in [0.2, 0.25) is 0 Å². The number of carbonyl (C=O) groups excluding carboxylic acids is 1. The van der Waals surface area contributed by atoms with Crippen molar-refractivity contribution >= 4 is 32.8 Å². The van der Waals surface area contributed by atoms with Gasteiger partial charge in [-0.05, 0) is 78.4 Å². The molecular formula is C28H32N2OS. The molecule has 0 radical (unpaired) electrons. The Morgan fingerprint density at radius 2 is 2.00 bits per heavy atom. The van der Waals surface area contributed by atoms with Gasteiger partial charge in [0, 0.05) is 29.9 Å². The standard InChI is InChI=1S/C28H32N2OS/c31-28(22-7-2-1-3-8-22)25(26-10-4-5-16-29-26)14-19-30-17-12-21(13-18-30)23-9-6-11-27-24(23)15-20-32-27/h4-6,9-12,15-16,20,22,25H,1-3,7-8,13-14,17-19H2. The summed E-state index contributed by atoms with van der Waals surface area (Å²) in [7, 11) is 0. The fourth-order valence-corrected chi connectivity index (χ4v) is 6.25. The topological polar surface area (TPSA) is 33.2 Å². The number of rotatable bonds is 7. The van der Waals surface area contributed by atoms with Crippen LogP contribution in [0.15, 0.2) is 60.1 Å². The van der Waals surface area contributed by atoms with Crippen LogP contribution in [0, 0.1) is 5.92 Å². The first-order chi connectivity index (χ1) is 15.8. The van der Waals surface area contributed by atoms with Gasteiger partial charge in [-0.3, -0.25) is 14.7 Å². The summed E-state index contributed by atoms with van der Waals surface area (Å²) >= 11 is 1.81. The van der Waals surface area contributed by atoms with E-state index in [2.05, 4.69) is 45.6 Å². The molecule has 2 aliphatic rings. The number of aromatic nitrogens is 1. The van der Waals surface area contributed by atoms with Crippen LogP contribution in [0.4, 0.5) is 0 Å². The van der Waals surface area contributed by atoms with E-state index in [9.17, 15) is 4.79 Å². The lowest BCUT2D eigenvalue weighted by Crippen LogP contribution is -2.33. The molecule has 1 aromatic carbocycles. The molecule has 5 rings (SSSR count). The maximum atomic E-state index is 13.4. The summed E-state index contributed by atoms with van der Waals surface area (Å²) in [5.74, 6) is 0.597. The maximum Gasteiger partial charge on any atom is 0.145 e. The average Bonchev–Trinajstić information content (AvgIpc) is 3.35. The molecular weight excluding hydrogens is 412 g/mol. The minimum atomic E-state index is -0.0655. The van der Waals surface area contributed by atoms with Crippen LogP contribution < -0.4 is 0 Å². The molecule has 1 atom stereocenters. The second-order valence-electron chi connectivity index (χ2n) is 9.25. The number of nitrogens with zero attached hydrogens (tertiary/aromatic N) is 2. The van der Waals surface area contributed by atoms with Crippen LogP contribution in [0.2, 0.25) is 0 Å². The van der Waals surface area contributed by atoms with Crippen LogP contribution in [-0.4, -0.2) is 35.3 Å². The van der Waals surface area contributed by atoms with Crippen molar-refractivity contribution in [2.45, 2.75) is 50.9 Å². The normalized spacial score (nSPS) is 19.1. The van der Waals surface area contributed by atoms with Crippen molar-refractivity contribution in [3.8, 4) is 0 Å². The number of pyridine rings is 1. The van der Waals surface area contributed by atoms with Gasteiger partial charge in [-0.25, -0.2) is 0 Å². The summed E-state index contributed by atoms with van der Waals surface area (Å²) in [6.07, 6.45) is 12.0. The number of Topliss-reactive ketones (excluding diaryl/α,β-unsaturated/α-hetero) is 1. The molecule has 3 heterocycles. The molecule has 0 N–H and O–H groups in total. The Hall–Kier alpha value is -2.30. The van der Waals surface area contributed by atoms with Crippen molar-refractivity contribution in [3.05, 3.63) is 71.4 Å². The Bertz CT molecular complexity index is 1080. The Morgan fingerprint density at radius 1 is 1.09 bits per heavy atom. The summed E-state index contributed by atoms with van der Waals surface area (Å²) in [5, 5.41) is 3.57. The molecule has 32 heavy (non-hydrogen) atoms. The molecule has 166 valence electrons. The van der Waals surface area contributed by atoms with E-state index in [1.54, 1.807) is 0 Å². The molecule has 3 nitrogen and oxygen atoms in total. The van der Waals surface area contributed by atoms with Crippen LogP contribution in [0.3, 0.4) is 0 Å². The first-order valence-corrected chi connectivity index (χ1v) is 13.0. The van der Waals surface area contributed by atoms with Gasteiger partial charge in [-0.15, -0.1) is 11.3 Å². The second-order valence-corrected chi connectivity index (χ2v) is 10.2. The van der Waals surface area contributed by atoms with Crippen molar-refractivity contribution in [3.63, 3.8) is 0 Å². The van der Waals surface area contributed by atoms with E-state index in [0.29, 0.717) is 5.78 Å². The molecule has 1 aliphatic carbocycles. The van der Waals surface area contributed by atoms with E-state index in [1.807, 2.05) is 35.7 Å². The Labute approximate surface area is 195 Å². The quantitative estimate of drug-likeness (QED) is 0.406. The molecule has 3 aromatic rings. The lowest BCUT2D eigenvalue weighted by Gasteiger charge is -2.29. The SMILES string of the molecule is O=C(C1CCCCC1)C(CCN1CC=C(c2cccc3sccc23)CC1)c1ccccn1. The highest BCUT2D eigenvalue weighted by Gasteiger charge is 2.30. The van der Waals surface area contributed by atoms with Crippen molar-refractivity contribution < 1.29 is 4.79 Å². The fraction of sp³-hybridized carbons (Fsp3) is 0.429. The molecule has 0 spiro atoms. The first-order valence-electron chi connectivity index (χ1n) is 12.1. The van der Waals surface area contributed by atoms with Crippen LogP contribution in [0.5, 0.6) is 0 Å². The lowest BCUT2D eigenvalue weighted by molar-refractivity contribution is -0.125. The van der Waals surface area contributed by atoms with E-state index in [1.165, 1.54) is 40.5 Å². The van der Waals surface area contributed by atoms with Gasteiger partial charge in [-0.1, -0.05) is 43.5 Å². The maximum absolute atomic E-state index is 13.4. The molecule has 1 fully saturated rings. The van der Waals surface area contributed by atoms with Gasteiger partial charge < -0.3 is 0 Å². The predicted molar refractivity (Wildman–Crippen MR) is 134 cm³/mol. The lowest BCUT2D eigenvalue weighted by atomic mass is 9.79. The summed E-state index contributed by atoms with van der Waals surface area (Å²) in [6.45, 7) is 2.97. The van der Waals surface area contributed by atoms with Crippen LogP contribution in [0.1, 0.15) is 62.1 Å². The highest BCUT2D eigenvalue weighted by atomic mass is 32.1. The highest BCUT2D eigenvalue weighted by Crippen LogP contribution is 2.34. The Morgan fingerprint density at radius 3 is 2.78 bits per heavy atom. The number of benzene rings is 1. The molecule has 1 unspecified atom stereocenters. The average molecular weight is 445 g/mol. The summed E-state index contributed by atoms with van der Waals surface area (Å²) in [5.41, 5.74) is 3.81. The van der Waals surface area contributed by atoms with Gasteiger partial charge in [0.15, 0.2) is 0 Å². The molecule has 0 saturated heterocycles. The largest absolute Gasteiger partial charge is 0.299 e. The van der Waals surface area contributed by atoms with Gasteiger partial charge >= 0.3 is 0 Å². The van der Waals surface area contributed by atoms with E-state index in [0.717, 1.165) is 51.0 Å². The van der Waals surface area contributed by atoms with E-state index in [4.69, 9.17) is 0 Å². The third-order valence-corrected chi connectivity index (χ3v) is 8.15. The van der Waals surface area contributed by atoms with Crippen molar-refractivity contribution in [2.24, 2.45) is 5.92 Å². The summed E-state index contributed by atoms with van der Waals surface area (Å²) in [4.78, 5) is 20.5. The summed E-state index contributed by atoms with van der Waals surface area (Å²) in [6, 6.07) is 14.9. The van der Waals surface area contributed by atoms with Gasteiger partial charge in [-0.2, -0.15) is 0 Å². The molecule has 1 aliphatic heterocycles. The minimum Gasteiger partial charge on any atom is -0.299 e. The monoisotopic (exact) mass is 444 g/mol. The fourth-order valence-electron chi connectivity index (χ4n) is 5.43. The van der Waals surface area contributed by atoms with Crippen LogP contribution >= 0.6 is 11.3 Å². The van der Waals surface area contributed by atoms with Crippen molar-refractivity contribution in [2.75, 3.05) is 19.6 Å². The van der Waals surface area contributed by atoms with Crippen molar-refractivity contribution in [1.82, 2.24) is 9.88 Å². The van der Waals surface area contributed by atoms with E-state index < -0.39 is 0 Å². The number of hydrogen-bond donors (Lipinski definition) is 0. The van der Waals surface area contributed by atoms with Gasteiger partial charge in [0.25, 0.3) is 0 Å². The summed E-state index contributed by atoms with van der Waals surface area (Å²) < 4.78 is 1.37. The number of thiophene rings is 1. The molecule has 2 aromatic heterocycles. The molecule has 0 bridgehead atoms. The van der Waals surface area contributed by atoms with Gasteiger partial charge in [0.1, 0.15) is 5.78 Å².